The number of aryl methyl sites for hydroxylation is 1. The van der Waals surface area contributed by atoms with Crippen molar-refractivity contribution in [2.24, 2.45) is 0 Å². The number of esters is 1. The van der Waals surface area contributed by atoms with E-state index in [2.05, 4.69) is 10.3 Å². The number of amides is 3. The van der Waals surface area contributed by atoms with Gasteiger partial charge in [-0.05, 0) is 31.2 Å². The zero-order valence-corrected chi connectivity index (χ0v) is 15.6. The molecule has 1 aliphatic rings. The highest BCUT2D eigenvalue weighted by Gasteiger charge is 2.25. The van der Waals surface area contributed by atoms with Crippen molar-refractivity contribution in [1.82, 2.24) is 14.8 Å². The lowest BCUT2D eigenvalue weighted by Gasteiger charge is -2.34. The normalized spacial score (nSPS) is 13.8. The maximum atomic E-state index is 12.3. The molecule has 1 N–H and O–H groups in total. The van der Waals surface area contributed by atoms with E-state index >= 15 is 0 Å². The Hall–Kier alpha value is -3.42. The maximum absolute atomic E-state index is 12.3. The van der Waals surface area contributed by atoms with Crippen LogP contribution in [0.5, 0.6) is 0 Å². The molecule has 0 aliphatic carbocycles. The standard InChI is InChI=1S/C20H22N4O4/c1-15-7-8-16(13-21-15)19(26)28-14-18(25)23-9-11-24(12-10-23)20(27)22-17-5-3-2-4-6-17/h2-8,13H,9-12,14H2,1H3,(H,22,27). The van der Waals surface area contributed by atoms with Gasteiger partial charge in [0.25, 0.3) is 5.91 Å². The molecule has 3 amide bonds. The van der Waals surface area contributed by atoms with Gasteiger partial charge in [-0.2, -0.15) is 0 Å². The van der Waals surface area contributed by atoms with Gasteiger partial charge in [0.2, 0.25) is 0 Å². The van der Waals surface area contributed by atoms with E-state index in [-0.39, 0.29) is 18.5 Å². The van der Waals surface area contributed by atoms with Crippen LogP contribution >= 0.6 is 0 Å². The quantitative estimate of drug-likeness (QED) is 0.816. The van der Waals surface area contributed by atoms with Crippen LogP contribution in [-0.2, 0) is 9.53 Å². The van der Waals surface area contributed by atoms with Gasteiger partial charge in [-0.3, -0.25) is 9.78 Å². The second-order valence-electron chi connectivity index (χ2n) is 6.43. The molecule has 8 nitrogen and oxygen atoms in total. The van der Waals surface area contributed by atoms with Crippen molar-refractivity contribution in [3.8, 4) is 0 Å². The van der Waals surface area contributed by atoms with E-state index in [4.69, 9.17) is 4.74 Å². The number of nitrogens with one attached hydrogen (secondary N) is 1. The Kier molecular flexibility index (Phi) is 6.21. The van der Waals surface area contributed by atoms with E-state index in [1.807, 2.05) is 37.3 Å². The van der Waals surface area contributed by atoms with Crippen molar-refractivity contribution in [1.29, 1.82) is 0 Å². The third kappa shape index (κ3) is 5.06. The molecule has 28 heavy (non-hydrogen) atoms. The SMILES string of the molecule is Cc1ccc(C(=O)OCC(=O)N2CCN(C(=O)Nc3ccccc3)CC2)cn1. The third-order valence-corrected chi connectivity index (χ3v) is 4.42. The number of rotatable bonds is 4. The maximum Gasteiger partial charge on any atom is 0.340 e. The fourth-order valence-corrected chi connectivity index (χ4v) is 2.77. The molecule has 0 spiro atoms. The number of hydrogen-bond donors (Lipinski definition) is 1. The number of hydrogen-bond acceptors (Lipinski definition) is 5. The summed E-state index contributed by atoms with van der Waals surface area (Å²) < 4.78 is 5.07. The molecule has 146 valence electrons. The van der Waals surface area contributed by atoms with Gasteiger partial charge in [0.05, 0.1) is 5.56 Å². The molecule has 1 fully saturated rings. The zero-order valence-electron chi connectivity index (χ0n) is 15.6. The van der Waals surface area contributed by atoms with Crippen molar-refractivity contribution >= 4 is 23.6 Å². The predicted molar refractivity (Wildman–Crippen MR) is 103 cm³/mol. The number of aromatic nitrogens is 1. The number of para-hydroxylation sites is 1. The van der Waals surface area contributed by atoms with Crippen molar-refractivity contribution in [2.75, 3.05) is 38.1 Å². The largest absolute Gasteiger partial charge is 0.452 e. The lowest BCUT2D eigenvalue weighted by molar-refractivity contribution is -0.135. The lowest BCUT2D eigenvalue weighted by Crippen LogP contribution is -2.52. The highest BCUT2D eigenvalue weighted by Crippen LogP contribution is 2.09. The van der Waals surface area contributed by atoms with Crippen LogP contribution in [0.3, 0.4) is 0 Å². The van der Waals surface area contributed by atoms with Gasteiger partial charge in [-0.25, -0.2) is 9.59 Å². The van der Waals surface area contributed by atoms with E-state index in [0.717, 1.165) is 11.4 Å². The molecular formula is C20H22N4O4. The second-order valence-corrected chi connectivity index (χ2v) is 6.43. The van der Waals surface area contributed by atoms with Crippen molar-refractivity contribution in [2.45, 2.75) is 6.92 Å². The minimum absolute atomic E-state index is 0.198. The summed E-state index contributed by atoms with van der Waals surface area (Å²) in [5, 5.41) is 2.83. The molecule has 2 heterocycles. The number of urea groups is 1. The number of ether oxygens (including phenoxy) is 1. The fourth-order valence-electron chi connectivity index (χ4n) is 2.77. The first-order chi connectivity index (χ1) is 13.5. The summed E-state index contributed by atoms with van der Waals surface area (Å²) in [6.07, 6.45) is 1.42. The molecule has 0 radical (unpaired) electrons. The molecule has 3 rings (SSSR count). The first-order valence-electron chi connectivity index (χ1n) is 9.01. The van der Waals surface area contributed by atoms with Crippen LogP contribution in [0.1, 0.15) is 16.1 Å². The summed E-state index contributed by atoms with van der Waals surface area (Å²) in [4.78, 5) is 43.8. The zero-order chi connectivity index (χ0) is 19.9. The first-order valence-corrected chi connectivity index (χ1v) is 9.01. The summed E-state index contributed by atoms with van der Waals surface area (Å²) in [6, 6.07) is 12.3. The Bertz CT molecular complexity index is 831. The summed E-state index contributed by atoms with van der Waals surface area (Å²) in [7, 11) is 0. The van der Waals surface area contributed by atoms with E-state index < -0.39 is 5.97 Å². The summed E-state index contributed by atoms with van der Waals surface area (Å²) in [5.74, 6) is -0.863. The summed E-state index contributed by atoms with van der Waals surface area (Å²) >= 11 is 0. The molecular weight excluding hydrogens is 360 g/mol. The smallest absolute Gasteiger partial charge is 0.340 e. The van der Waals surface area contributed by atoms with Crippen molar-refractivity contribution < 1.29 is 19.1 Å². The van der Waals surface area contributed by atoms with Crippen LogP contribution in [0.25, 0.3) is 0 Å². The van der Waals surface area contributed by atoms with Crippen LogP contribution < -0.4 is 5.32 Å². The van der Waals surface area contributed by atoms with Crippen LogP contribution in [-0.4, -0.2) is 65.5 Å². The van der Waals surface area contributed by atoms with E-state index in [0.29, 0.717) is 31.7 Å². The Morgan fingerprint density at radius 2 is 1.68 bits per heavy atom. The molecule has 0 unspecified atom stereocenters. The minimum atomic E-state index is -0.582. The topological polar surface area (TPSA) is 91.8 Å². The van der Waals surface area contributed by atoms with E-state index in [9.17, 15) is 14.4 Å². The van der Waals surface area contributed by atoms with Crippen LogP contribution in [0.15, 0.2) is 48.7 Å². The summed E-state index contributed by atoms with van der Waals surface area (Å²) in [6.45, 7) is 3.11. The number of carbonyl (C=O) groups is 3. The Balaban J connectivity index is 1.42. The van der Waals surface area contributed by atoms with Crippen molar-refractivity contribution in [3.63, 3.8) is 0 Å². The average Bonchev–Trinajstić information content (AvgIpc) is 2.73. The molecule has 1 aliphatic heterocycles. The number of piperazine rings is 1. The molecule has 1 aromatic heterocycles. The molecule has 1 saturated heterocycles. The number of carbonyl (C=O) groups excluding carboxylic acids is 3. The number of benzene rings is 1. The van der Waals surface area contributed by atoms with Gasteiger partial charge >= 0.3 is 12.0 Å². The Morgan fingerprint density at radius 1 is 1.00 bits per heavy atom. The highest BCUT2D eigenvalue weighted by atomic mass is 16.5. The van der Waals surface area contributed by atoms with Crippen LogP contribution in [0.2, 0.25) is 0 Å². The lowest BCUT2D eigenvalue weighted by atomic mass is 10.2. The van der Waals surface area contributed by atoms with Gasteiger partial charge in [0.1, 0.15) is 0 Å². The van der Waals surface area contributed by atoms with Gasteiger partial charge in [-0.15, -0.1) is 0 Å². The van der Waals surface area contributed by atoms with Crippen LogP contribution in [0.4, 0.5) is 10.5 Å². The van der Waals surface area contributed by atoms with Gasteiger partial charge in [0.15, 0.2) is 6.61 Å². The van der Waals surface area contributed by atoms with Gasteiger partial charge in [-0.1, -0.05) is 18.2 Å². The third-order valence-electron chi connectivity index (χ3n) is 4.42. The molecule has 8 heteroatoms. The van der Waals surface area contributed by atoms with Crippen molar-refractivity contribution in [3.05, 3.63) is 59.9 Å². The van der Waals surface area contributed by atoms with Crippen LogP contribution in [0, 0.1) is 6.92 Å². The molecule has 2 aromatic rings. The predicted octanol–water partition coefficient (Wildman–Crippen LogP) is 1.92. The molecule has 1 aromatic carbocycles. The average molecular weight is 382 g/mol. The first kappa shape index (κ1) is 19.3. The Morgan fingerprint density at radius 3 is 2.32 bits per heavy atom. The molecule has 0 bridgehead atoms. The number of pyridine rings is 1. The number of anilines is 1. The van der Waals surface area contributed by atoms with E-state index in [1.165, 1.54) is 6.20 Å². The Labute approximate surface area is 163 Å². The summed E-state index contributed by atoms with van der Waals surface area (Å²) in [5.41, 5.74) is 1.83. The fraction of sp³-hybridized carbons (Fsp3) is 0.300. The van der Waals surface area contributed by atoms with Gasteiger partial charge in [0, 0.05) is 43.8 Å². The van der Waals surface area contributed by atoms with Gasteiger partial charge < -0.3 is 19.9 Å². The monoisotopic (exact) mass is 382 g/mol. The minimum Gasteiger partial charge on any atom is -0.452 e. The highest BCUT2D eigenvalue weighted by molar-refractivity contribution is 5.91. The molecule has 0 atom stereocenters. The number of nitrogens with zero attached hydrogens (tertiary/aromatic N) is 3. The molecule has 0 saturated carbocycles. The van der Waals surface area contributed by atoms with E-state index in [1.54, 1.807) is 21.9 Å². The second kappa shape index (κ2) is 8.98.